The van der Waals surface area contributed by atoms with Crippen LogP contribution in [0, 0.1) is 0 Å². The Kier molecular flexibility index (Phi) is 4.56. The summed E-state index contributed by atoms with van der Waals surface area (Å²) in [4.78, 5) is 4.83. The normalized spacial score (nSPS) is 21.2. The van der Waals surface area contributed by atoms with Gasteiger partial charge in [-0.05, 0) is 43.4 Å². The van der Waals surface area contributed by atoms with Gasteiger partial charge < -0.3 is 4.74 Å². The quantitative estimate of drug-likeness (QED) is 0.821. The number of ether oxygens (including phenoxy) is 1. The maximum Gasteiger partial charge on any atom is 0.232 e. The molecule has 2 aliphatic rings. The largest absolute Gasteiger partial charge is 0.381 e. The van der Waals surface area contributed by atoms with Gasteiger partial charge in [-0.1, -0.05) is 6.07 Å². The highest BCUT2D eigenvalue weighted by Crippen LogP contribution is 2.35. The predicted octanol–water partition coefficient (Wildman–Crippen LogP) is 3.42. The Morgan fingerprint density at radius 1 is 1.32 bits per heavy atom. The third kappa shape index (κ3) is 3.45. The molecule has 5 nitrogen and oxygen atoms in total. The highest BCUT2D eigenvalue weighted by atomic mass is 32.2. The van der Waals surface area contributed by atoms with Gasteiger partial charge in [0.15, 0.2) is 0 Å². The van der Waals surface area contributed by atoms with E-state index >= 15 is 0 Å². The van der Waals surface area contributed by atoms with E-state index in [1.807, 2.05) is 12.1 Å². The van der Waals surface area contributed by atoms with Crippen LogP contribution < -0.4 is 4.31 Å². The third-order valence-electron chi connectivity index (χ3n) is 4.88. The number of aryl methyl sites for hydroxylation is 1. The van der Waals surface area contributed by atoms with Crippen LogP contribution in [0.5, 0.6) is 0 Å². The molecule has 0 bridgehead atoms. The van der Waals surface area contributed by atoms with E-state index in [9.17, 15) is 8.42 Å². The molecule has 3 heterocycles. The number of thiazole rings is 1. The minimum absolute atomic E-state index is 0.408. The van der Waals surface area contributed by atoms with E-state index in [0.717, 1.165) is 66.4 Å². The van der Waals surface area contributed by atoms with Gasteiger partial charge >= 0.3 is 0 Å². The third-order valence-corrected chi connectivity index (χ3v) is 7.07. The molecule has 2 aromatic rings. The highest BCUT2D eigenvalue weighted by molar-refractivity contribution is 7.92. The van der Waals surface area contributed by atoms with Gasteiger partial charge in [-0.3, -0.25) is 4.31 Å². The second-order valence-corrected chi connectivity index (χ2v) is 9.56. The van der Waals surface area contributed by atoms with Crippen LogP contribution in [0.15, 0.2) is 23.6 Å². The summed E-state index contributed by atoms with van der Waals surface area (Å²) in [5.41, 5.74) is 3.94. The number of hydrogen-bond donors (Lipinski definition) is 0. The van der Waals surface area contributed by atoms with Gasteiger partial charge in [0.1, 0.15) is 0 Å². The molecular formula is C18H22N2O3S2. The molecule has 7 heteroatoms. The van der Waals surface area contributed by atoms with Crippen molar-refractivity contribution in [1.29, 1.82) is 0 Å². The van der Waals surface area contributed by atoms with E-state index in [4.69, 9.17) is 9.72 Å². The fourth-order valence-corrected chi connectivity index (χ4v) is 5.56. The van der Waals surface area contributed by atoms with Crippen molar-refractivity contribution in [1.82, 2.24) is 4.98 Å². The maximum absolute atomic E-state index is 12.0. The van der Waals surface area contributed by atoms with Crippen LogP contribution in [-0.2, 0) is 21.2 Å². The summed E-state index contributed by atoms with van der Waals surface area (Å²) < 4.78 is 31.1. The molecule has 0 spiro atoms. The van der Waals surface area contributed by atoms with E-state index in [1.54, 1.807) is 11.3 Å². The Morgan fingerprint density at radius 3 is 2.96 bits per heavy atom. The first-order chi connectivity index (χ1) is 12.0. The number of aromatic nitrogens is 1. The van der Waals surface area contributed by atoms with Crippen molar-refractivity contribution < 1.29 is 13.2 Å². The van der Waals surface area contributed by atoms with Gasteiger partial charge in [-0.2, -0.15) is 0 Å². The number of hydrogen-bond acceptors (Lipinski definition) is 5. The smallest absolute Gasteiger partial charge is 0.232 e. The zero-order chi connectivity index (χ0) is 17.4. The van der Waals surface area contributed by atoms with Gasteiger partial charge in [0, 0.05) is 30.0 Å². The average Bonchev–Trinajstić information content (AvgIpc) is 3.11. The SMILES string of the molecule is CS(=O)(=O)N1CCCc2cc(-c3csc(C4CCCOC4)n3)ccc21. The second-order valence-electron chi connectivity index (χ2n) is 6.77. The monoisotopic (exact) mass is 378 g/mol. The van der Waals surface area contributed by atoms with Gasteiger partial charge in [-0.15, -0.1) is 11.3 Å². The van der Waals surface area contributed by atoms with E-state index in [1.165, 1.54) is 10.6 Å². The number of benzene rings is 1. The molecule has 4 rings (SSSR count). The second kappa shape index (κ2) is 6.70. The van der Waals surface area contributed by atoms with Gasteiger partial charge in [0.05, 0.1) is 29.3 Å². The van der Waals surface area contributed by atoms with Crippen molar-refractivity contribution in [3.63, 3.8) is 0 Å². The van der Waals surface area contributed by atoms with E-state index in [0.29, 0.717) is 12.5 Å². The minimum Gasteiger partial charge on any atom is -0.381 e. The summed E-state index contributed by atoms with van der Waals surface area (Å²) in [7, 11) is -3.22. The minimum atomic E-state index is -3.22. The van der Waals surface area contributed by atoms with Gasteiger partial charge in [0.2, 0.25) is 10.0 Å². The van der Waals surface area contributed by atoms with Crippen LogP contribution in [0.2, 0.25) is 0 Å². The number of anilines is 1. The summed E-state index contributed by atoms with van der Waals surface area (Å²) in [6.07, 6.45) is 5.27. The maximum atomic E-state index is 12.0. The first-order valence-corrected chi connectivity index (χ1v) is 11.4. The molecule has 1 saturated heterocycles. The summed E-state index contributed by atoms with van der Waals surface area (Å²) in [5.74, 6) is 0.408. The van der Waals surface area contributed by atoms with E-state index in [-0.39, 0.29) is 0 Å². The Bertz CT molecular complexity index is 870. The molecule has 1 aromatic carbocycles. The van der Waals surface area contributed by atoms with Crippen LogP contribution in [0.25, 0.3) is 11.3 Å². The molecule has 134 valence electrons. The highest BCUT2D eigenvalue weighted by Gasteiger charge is 2.25. The number of sulfonamides is 1. The first-order valence-electron chi connectivity index (χ1n) is 8.66. The molecule has 0 aliphatic carbocycles. The van der Waals surface area contributed by atoms with Crippen molar-refractivity contribution in [2.45, 2.75) is 31.6 Å². The summed E-state index contributed by atoms with van der Waals surface area (Å²) in [6.45, 7) is 2.19. The summed E-state index contributed by atoms with van der Waals surface area (Å²) >= 11 is 1.70. The molecular weight excluding hydrogens is 356 g/mol. The number of fused-ring (bicyclic) bond motifs is 1. The van der Waals surface area contributed by atoms with Crippen LogP contribution in [0.3, 0.4) is 0 Å². The van der Waals surface area contributed by atoms with Crippen molar-refractivity contribution in [3.8, 4) is 11.3 Å². The number of nitrogens with zero attached hydrogens (tertiary/aromatic N) is 2. The van der Waals surface area contributed by atoms with Gasteiger partial charge in [-0.25, -0.2) is 13.4 Å². The lowest BCUT2D eigenvalue weighted by molar-refractivity contribution is 0.0804. The van der Waals surface area contributed by atoms with Crippen molar-refractivity contribution in [2.24, 2.45) is 0 Å². The van der Waals surface area contributed by atoms with Crippen LogP contribution in [0.4, 0.5) is 5.69 Å². The molecule has 1 unspecified atom stereocenters. The number of rotatable bonds is 3. The average molecular weight is 379 g/mol. The first kappa shape index (κ1) is 17.0. The van der Waals surface area contributed by atoms with Crippen LogP contribution >= 0.6 is 11.3 Å². The van der Waals surface area contributed by atoms with Crippen LogP contribution in [0.1, 0.15) is 35.8 Å². The van der Waals surface area contributed by atoms with E-state index in [2.05, 4.69) is 11.4 Å². The van der Waals surface area contributed by atoms with Crippen molar-refractivity contribution in [3.05, 3.63) is 34.2 Å². The van der Waals surface area contributed by atoms with Crippen molar-refractivity contribution in [2.75, 3.05) is 30.3 Å². The fourth-order valence-electron chi connectivity index (χ4n) is 3.61. The molecule has 0 saturated carbocycles. The lowest BCUT2D eigenvalue weighted by atomic mass is 9.99. The molecule has 1 fully saturated rings. The molecule has 2 aliphatic heterocycles. The molecule has 0 radical (unpaired) electrons. The zero-order valence-electron chi connectivity index (χ0n) is 14.3. The molecule has 0 amide bonds. The molecule has 1 aromatic heterocycles. The predicted molar refractivity (Wildman–Crippen MR) is 101 cm³/mol. The topological polar surface area (TPSA) is 59.5 Å². The molecule has 0 N–H and O–H groups in total. The summed E-state index contributed by atoms with van der Waals surface area (Å²) in [5, 5.41) is 3.24. The Hall–Kier alpha value is -1.44. The Morgan fingerprint density at radius 2 is 2.20 bits per heavy atom. The Labute approximate surface area is 152 Å². The Balaban J connectivity index is 1.63. The van der Waals surface area contributed by atoms with Gasteiger partial charge in [0.25, 0.3) is 0 Å². The molecule has 1 atom stereocenters. The standard InChI is InChI=1S/C18H22N2O3S2/c1-25(21,22)20-8-2-4-14-10-13(6-7-17(14)20)16-12-24-18(19-16)15-5-3-9-23-11-15/h6-7,10,12,15H,2-5,8-9,11H2,1H3. The molecule has 25 heavy (non-hydrogen) atoms. The lowest BCUT2D eigenvalue weighted by Crippen LogP contribution is -2.34. The van der Waals surface area contributed by atoms with E-state index < -0.39 is 10.0 Å². The van der Waals surface area contributed by atoms with Crippen LogP contribution in [-0.4, -0.2) is 39.4 Å². The zero-order valence-corrected chi connectivity index (χ0v) is 15.9. The lowest BCUT2D eigenvalue weighted by Gasteiger charge is -2.29. The van der Waals surface area contributed by atoms with Crippen molar-refractivity contribution >= 4 is 27.0 Å². The summed E-state index contributed by atoms with van der Waals surface area (Å²) in [6, 6.07) is 6.01. The fraction of sp³-hybridized carbons (Fsp3) is 0.500.